The summed E-state index contributed by atoms with van der Waals surface area (Å²) in [4.78, 5) is 38.5. The summed E-state index contributed by atoms with van der Waals surface area (Å²) >= 11 is 1.02. The van der Waals surface area contributed by atoms with E-state index in [1.165, 1.54) is 4.90 Å². The number of esters is 2. The number of carbonyl (C=O) groups excluding carboxylic acids is 3. The molecule has 1 aromatic rings. The van der Waals surface area contributed by atoms with E-state index in [-0.39, 0.29) is 29.7 Å². The second-order valence-corrected chi connectivity index (χ2v) is 6.43. The van der Waals surface area contributed by atoms with Crippen molar-refractivity contribution < 1.29 is 23.9 Å². The summed E-state index contributed by atoms with van der Waals surface area (Å²) in [5.74, 6) is -1.09. The highest BCUT2D eigenvalue weighted by Gasteiger charge is 2.27. The topological polar surface area (TPSA) is 84.9 Å². The molecule has 1 N–H and O–H groups in total. The van der Waals surface area contributed by atoms with Crippen LogP contribution in [0.1, 0.15) is 59.2 Å². The van der Waals surface area contributed by atoms with E-state index in [1.807, 2.05) is 6.92 Å². The van der Waals surface area contributed by atoms with E-state index >= 15 is 0 Å². The molecule has 0 spiro atoms. The number of carbonyl (C=O) groups is 3. The Morgan fingerprint density at radius 1 is 1.08 bits per heavy atom. The number of nitrogens with zero attached hydrogens (tertiary/aromatic N) is 1. The van der Waals surface area contributed by atoms with Crippen molar-refractivity contribution in [2.45, 2.75) is 40.5 Å². The Bertz CT molecular complexity index is 627. The fraction of sp³-hybridized carbons (Fsp3) is 0.588. The average Bonchev–Trinajstić information content (AvgIpc) is 2.89. The second kappa shape index (κ2) is 10.0. The van der Waals surface area contributed by atoms with Crippen LogP contribution in [0.15, 0.2) is 0 Å². The summed E-state index contributed by atoms with van der Waals surface area (Å²) in [6, 6.07) is -0.337. The van der Waals surface area contributed by atoms with Gasteiger partial charge in [0.15, 0.2) is 0 Å². The smallest absolute Gasteiger partial charge is 0.348 e. The Labute approximate surface area is 152 Å². The van der Waals surface area contributed by atoms with Gasteiger partial charge in [0.1, 0.15) is 9.88 Å². The van der Waals surface area contributed by atoms with E-state index < -0.39 is 11.9 Å². The Morgan fingerprint density at radius 2 is 1.68 bits per heavy atom. The predicted molar refractivity (Wildman–Crippen MR) is 97.5 cm³/mol. The monoisotopic (exact) mass is 370 g/mol. The maximum atomic E-state index is 12.3. The van der Waals surface area contributed by atoms with Gasteiger partial charge >= 0.3 is 18.0 Å². The molecule has 1 rings (SSSR count). The van der Waals surface area contributed by atoms with Crippen molar-refractivity contribution in [2.24, 2.45) is 0 Å². The zero-order valence-corrected chi connectivity index (χ0v) is 16.2. The number of rotatable bonds is 8. The van der Waals surface area contributed by atoms with Gasteiger partial charge in [0.25, 0.3) is 0 Å². The predicted octanol–water partition coefficient (Wildman–Crippen LogP) is 3.67. The van der Waals surface area contributed by atoms with Crippen molar-refractivity contribution in [1.82, 2.24) is 4.90 Å². The van der Waals surface area contributed by atoms with Crippen LogP contribution in [-0.2, 0) is 9.47 Å². The lowest BCUT2D eigenvalue weighted by Crippen LogP contribution is -2.32. The quantitative estimate of drug-likeness (QED) is 0.706. The van der Waals surface area contributed by atoms with Crippen LogP contribution in [0.5, 0.6) is 0 Å². The molecule has 0 aliphatic carbocycles. The molecule has 7 nitrogen and oxygen atoms in total. The first-order valence-electron chi connectivity index (χ1n) is 8.36. The molecule has 140 valence electrons. The number of hydrogen-bond donors (Lipinski definition) is 1. The summed E-state index contributed by atoms with van der Waals surface area (Å²) in [7, 11) is 1.68. The van der Waals surface area contributed by atoms with E-state index in [0.717, 1.165) is 24.2 Å². The Balaban J connectivity index is 3.14. The van der Waals surface area contributed by atoms with Gasteiger partial charge < -0.3 is 14.4 Å². The van der Waals surface area contributed by atoms with Gasteiger partial charge in [0, 0.05) is 13.6 Å². The Hall–Kier alpha value is -2.09. The van der Waals surface area contributed by atoms with Crippen molar-refractivity contribution in [1.29, 1.82) is 0 Å². The van der Waals surface area contributed by atoms with Crippen LogP contribution in [0.4, 0.5) is 9.80 Å². The summed E-state index contributed by atoms with van der Waals surface area (Å²) in [6.45, 7) is 8.12. The lowest BCUT2D eigenvalue weighted by molar-refractivity contribution is 0.0527. The minimum atomic E-state index is -0.571. The van der Waals surface area contributed by atoms with E-state index in [2.05, 4.69) is 5.32 Å². The lowest BCUT2D eigenvalue weighted by atomic mass is 10.1. The van der Waals surface area contributed by atoms with Crippen LogP contribution in [0.25, 0.3) is 0 Å². The average molecular weight is 370 g/mol. The van der Waals surface area contributed by atoms with Gasteiger partial charge in [-0.15, -0.1) is 11.3 Å². The third-order valence-electron chi connectivity index (χ3n) is 3.50. The van der Waals surface area contributed by atoms with E-state index in [1.54, 1.807) is 27.8 Å². The van der Waals surface area contributed by atoms with Crippen molar-refractivity contribution in [2.75, 3.05) is 32.1 Å². The number of hydrogen-bond acceptors (Lipinski definition) is 6. The van der Waals surface area contributed by atoms with E-state index in [4.69, 9.17) is 9.47 Å². The van der Waals surface area contributed by atoms with Crippen LogP contribution >= 0.6 is 11.3 Å². The lowest BCUT2D eigenvalue weighted by Gasteiger charge is -2.17. The molecule has 0 radical (unpaired) electrons. The van der Waals surface area contributed by atoms with Gasteiger partial charge in [-0.1, -0.05) is 13.3 Å². The molecule has 0 aromatic carbocycles. The van der Waals surface area contributed by atoms with Crippen LogP contribution in [0.3, 0.4) is 0 Å². The van der Waals surface area contributed by atoms with Gasteiger partial charge in [-0.05, 0) is 32.8 Å². The maximum absolute atomic E-state index is 12.3. The molecule has 1 aromatic heterocycles. The number of nitrogens with one attached hydrogen (secondary N) is 1. The molecule has 1 heterocycles. The second-order valence-electron chi connectivity index (χ2n) is 5.41. The van der Waals surface area contributed by atoms with Crippen molar-refractivity contribution in [3.05, 3.63) is 16.0 Å². The van der Waals surface area contributed by atoms with Crippen LogP contribution in [0, 0.1) is 6.92 Å². The zero-order chi connectivity index (χ0) is 19.0. The van der Waals surface area contributed by atoms with Gasteiger partial charge in [-0.25, -0.2) is 14.4 Å². The first-order chi connectivity index (χ1) is 11.9. The Morgan fingerprint density at radius 3 is 2.24 bits per heavy atom. The SMILES string of the molecule is CCCCN(C)C(=O)Nc1sc(C(=O)OCC)c(C)c1C(=O)OCC. The van der Waals surface area contributed by atoms with E-state index in [0.29, 0.717) is 17.1 Å². The van der Waals surface area contributed by atoms with Crippen molar-refractivity contribution in [3.63, 3.8) is 0 Å². The number of ether oxygens (including phenoxy) is 2. The summed E-state index contributed by atoms with van der Waals surface area (Å²) in [5.41, 5.74) is 0.653. The molecule has 0 atom stereocenters. The molecule has 0 saturated heterocycles. The molecule has 2 amide bonds. The minimum Gasteiger partial charge on any atom is -0.462 e. The molecular formula is C17H26N2O5S. The van der Waals surface area contributed by atoms with Crippen LogP contribution in [0.2, 0.25) is 0 Å². The molecular weight excluding hydrogens is 344 g/mol. The highest BCUT2D eigenvalue weighted by molar-refractivity contribution is 7.18. The van der Waals surface area contributed by atoms with Gasteiger partial charge in [0.2, 0.25) is 0 Å². The van der Waals surface area contributed by atoms with Crippen molar-refractivity contribution >= 4 is 34.3 Å². The number of unbranched alkanes of at least 4 members (excludes halogenated alkanes) is 1. The van der Waals surface area contributed by atoms with Gasteiger partial charge in [-0.2, -0.15) is 0 Å². The molecule has 0 fully saturated rings. The van der Waals surface area contributed by atoms with Gasteiger partial charge in [-0.3, -0.25) is 5.32 Å². The summed E-state index contributed by atoms with van der Waals surface area (Å²) < 4.78 is 10.1. The van der Waals surface area contributed by atoms with Gasteiger partial charge in [0.05, 0.1) is 18.8 Å². The first-order valence-corrected chi connectivity index (χ1v) is 9.18. The minimum absolute atomic E-state index is 0.201. The fourth-order valence-corrected chi connectivity index (χ4v) is 3.21. The molecule has 0 bridgehead atoms. The third kappa shape index (κ3) is 5.45. The summed E-state index contributed by atoms with van der Waals surface area (Å²) in [5, 5.41) is 3.01. The molecule has 8 heteroatoms. The number of urea groups is 1. The number of amides is 2. The first kappa shape index (κ1) is 21.0. The maximum Gasteiger partial charge on any atom is 0.348 e. The van der Waals surface area contributed by atoms with E-state index in [9.17, 15) is 14.4 Å². The molecule has 0 aliphatic rings. The van der Waals surface area contributed by atoms with Crippen LogP contribution < -0.4 is 5.32 Å². The molecule has 0 saturated carbocycles. The number of anilines is 1. The largest absolute Gasteiger partial charge is 0.462 e. The highest BCUT2D eigenvalue weighted by Crippen LogP contribution is 2.34. The molecule has 25 heavy (non-hydrogen) atoms. The standard InChI is InChI=1S/C17H26N2O5S/c1-6-9-10-19(5)17(22)18-14-12(15(20)23-7-2)11(4)13(25-14)16(21)24-8-3/h6-10H2,1-5H3,(H,18,22). The van der Waals surface area contributed by atoms with Crippen molar-refractivity contribution in [3.8, 4) is 0 Å². The third-order valence-corrected chi connectivity index (χ3v) is 4.69. The summed E-state index contributed by atoms with van der Waals surface area (Å²) in [6.07, 6.45) is 1.85. The fourth-order valence-electron chi connectivity index (χ4n) is 2.13. The number of thiophene rings is 1. The van der Waals surface area contributed by atoms with Crippen LogP contribution in [-0.4, -0.2) is 49.7 Å². The zero-order valence-electron chi connectivity index (χ0n) is 15.4. The Kier molecular flexibility index (Phi) is 8.40. The molecule has 0 unspecified atom stereocenters. The normalized spacial score (nSPS) is 10.3. The highest BCUT2D eigenvalue weighted by atomic mass is 32.1. The molecule has 0 aliphatic heterocycles.